The monoisotopic (exact) mass is 519 g/mol. The lowest BCUT2D eigenvalue weighted by atomic mass is 10.0. The predicted octanol–water partition coefficient (Wildman–Crippen LogP) is 9.24. The first-order chi connectivity index (χ1) is 18.4. The van der Waals surface area contributed by atoms with Crippen molar-refractivity contribution in [2.75, 3.05) is 6.61 Å². The van der Waals surface area contributed by atoms with Gasteiger partial charge in [0.25, 0.3) is 0 Å². The second-order valence-electron chi connectivity index (χ2n) is 9.81. The summed E-state index contributed by atoms with van der Waals surface area (Å²) in [6.45, 7) is 0.633. The van der Waals surface area contributed by atoms with Crippen LogP contribution in [0.4, 0.5) is 13.2 Å². The molecule has 5 aromatic rings. The Labute approximate surface area is 220 Å². The molecule has 0 spiro atoms. The third-order valence-electron chi connectivity index (χ3n) is 6.81. The van der Waals surface area contributed by atoms with Gasteiger partial charge in [0, 0.05) is 28.9 Å². The fraction of sp³-hybridized carbons (Fsp3) is 0.323. The van der Waals surface area contributed by atoms with E-state index in [-0.39, 0.29) is 6.42 Å². The lowest BCUT2D eigenvalue weighted by molar-refractivity contribution is -0.135. The number of rotatable bonds is 12. The molecule has 198 valence electrons. The minimum absolute atomic E-state index is 0.238. The quantitative estimate of drug-likeness (QED) is 0.167. The van der Waals surface area contributed by atoms with Crippen LogP contribution >= 0.6 is 0 Å². The topological polar surface area (TPSA) is 42.8 Å². The molecule has 7 heteroatoms. The van der Waals surface area contributed by atoms with Crippen LogP contribution in [-0.4, -0.2) is 27.5 Å². The van der Waals surface area contributed by atoms with Gasteiger partial charge in [0.1, 0.15) is 11.6 Å². The number of para-hydroxylation sites is 1. The maximum absolute atomic E-state index is 12.2. The normalized spacial score (nSPS) is 12.0. The number of halogens is 3. The molecule has 0 aliphatic heterocycles. The van der Waals surface area contributed by atoms with E-state index < -0.39 is 12.6 Å². The summed E-state index contributed by atoms with van der Waals surface area (Å²) in [6.07, 6.45) is 3.08. The summed E-state index contributed by atoms with van der Waals surface area (Å²) in [4.78, 5) is 3.42. The molecule has 0 saturated heterocycles. The van der Waals surface area contributed by atoms with Gasteiger partial charge in [-0.3, -0.25) is 0 Å². The number of benzene rings is 3. The second kappa shape index (κ2) is 11.8. The third kappa shape index (κ3) is 6.77. The SMILES string of the molecule is FC(F)(F)CCCCCCCCCOc1cccc(-c2ccc3nn(-c4cc5ccccc5[nH]4)cc3c2)c1. The van der Waals surface area contributed by atoms with E-state index in [1.807, 2.05) is 41.2 Å². The van der Waals surface area contributed by atoms with E-state index in [0.717, 1.165) is 76.6 Å². The van der Waals surface area contributed by atoms with E-state index in [9.17, 15) is 13.2 Å². The summed E-state index contributed by atoms with van der Waals surface area (Å²) < 4.78 is 44.4. The third-order valence-corrected chi connectivity index (χ3v) is 6.81. The molecule has 0 amide bonds. The summed E-state index contributed by atoms with van der Waals surface area (Å²) in [6, 6.07) is 24.7. The molecular formula is C31H32F3N3O. The number of ether oxygens (including phenoxy) is 1. The molecule has 4 nitrogen and oxygen atoms in total. The highest BCUT2D eigenvalue weighted by atomic mass is 19.4. The van der Waals surface area contributed by atoms with E-state index in [1.54, 1.807) is 0 Å². The van der Waals surface area contributed by atoms with E-state index in [2.05, 4.69) is 47.4 Å². The van der Waals surface area contributed by atoms with Gasteiger partial charge in [-0.05, 0) is 60.4 Å². The van der Waals surface area contributed by atoms with E-state index in [0.29, 0.717) is 13.0 Å². The Kier molecular flexibility index (Phi) is 8.01. The number of hydrogen-bond donors (Lipinski definition) is 1. The van der Waals surface area contributed by atoms with Crippen molar-refractivity contribution in [2.24, 2.45) is 0 Å². The van der Waals surface area contributed by atoms with Crippen LogP contribution < -0.4 is 4.74 Å². The van der Waals surface area contributed by atoms with Gasteiger partial charge in [-0.15, -0.1) is 0 Å². The maximum Gasteiger partial charge on any atom is 0.389 e. The lowest BCUT2D eigenvalue weighted by Gasteiger charge is -2.09. The molecule has 0 atom stereocenters. The van der Waals surface area contributed by atoms with Gasteiger partial charge in [0.05, 0.1) is 12.1 Å². The molecule has 0 unspecified atom stereocenters. The molecule has 2 aromatic heterocycles. The number of nitrogens with zero attached hydrogens (tertiary/aromatic N) is 2. The van der Waals surface area contributed by atoms with Gasteiger partial charge in [0.2, 0.25) is 0 Å². The fourth-order valence-corrected chi connectivity index (χ4v) is 4.78. The first-order valence-corrected chi connectivity index (χ1v) is 13.3. The Balaban J connectivity index is 1.12. The summed E-state index contributed by atoms with van der Waals surface area (Å²) in [5.41, 5.74) is 4.20. The Morgan fingerprint density at radius 1 is 0.737 bits per heavy atom. The van der Waals surface area contributed by atoms with E-state index in [1.165, 1.54) is 0 Å². The molecule has 0 aliphatic carbocycles. The zero-order valence-corrected chi connectivity index (χ0v) is 21.3. The van der Waals surface area contributed by atoms with Crippen molar-refractivity contribution in [3.05, 3.63) is 79.0 Å². The highest BCUT2D eigenvalue weighted by Crippen LogP contribution is 2.28. The van der Waals surface area contributed by atoms with Crippen LogP contribution in [0.1, 0.15) is 51.4 Å². The number of nitrogens with one attached hydrogen (secondary N) is 1. The van der Waals surface area contributed by atoms with Crippen molar-refractivity contribution in [1.29, 1.82) is 0 Å². The molecule has 0 saturated carbocycles. The molecule has 0 bridgehead atoms. The van der Waals surface area contributed by atoms with Gasteiger partial charge in [0.15, 0.2) is 0 Å². The van der Waals surface area contributed by atoms with Crippen LogP contribution in [0.5, 0.6) is 5.75 Å². The van der Waals surface area contributed by atoms with Crippen LogP contribution in [0, 0.1) is 0 Å². The van der Waals surface area contributed by atoms with Crippen molar-refractivity contribution in [1.82, 2.24) is 14.8 Å². The van der Waals surface area contributed by atoms with Crippen molar-refractivity contribution in [3.8, 4) is 22.7 Å². The van der Waals surface area contributed by atoms with Gasteiger partial charge in [-0.2, -0.15) is 18.3 Å². The fourth-order valence-electron chi connectivity index (χ4n) is 4.78. The average molecular weight is 520 g/mol. The number of hydrogen-bond acceptors (Lipinski definition) is 2. The van der Waals surface area contributed by atoms with Crippen LogP contribution in [0.15, 0.2) is 79.0 Å². The number of alkyl halides is 3. The molecule has 0 aliphatic rings. The van der Waals surface area contributed by atoms with Gasteiger partial charge >= 0.3 is 6.18 Å². The first-order valence-electron chi connectivity index (χ1n) is 13.3. The van der Waals surface area contributed by atoms with Crippen molar-refractivity contribution < 1.29 is 17.9 Å². The molecular weight excluding hydrogens is 487 g/mol. The van der Waals surface area contributed by atoms with Crippen molar-refractivity contribution in [3.63, 3.8) is 0 Å². The van der Waals surface area contributed by atoms with Crippen LogP contribution in [0.3, 0.4) is 0 Å². The van der Waals surface area contributed by atoms with Crippen LogP contribution in [0.25, 0.3) is 38.8 Å². The van der Waals surface area contributed by atoms with Gasteiger partial charge < -0.3 is 9.72 Å². The Bertz CT molecular complexity index is 1450. The molecule has 0 radical (unpaired) electrons. The van der Waals surface area contributed by atoms with Gasteiger partial charge in [-0.25, -0.2) is 4.68 Å². The largest absolute Gasteiger partial charge is 0.494 e. The Morgan fingerprint density at radius 2 is 1.50 bits per heavy atom. The zero-order valence-electron chi connectivity index (χ0n) is 21.3. The van der Waals surface area contributed by atoms with Crippen LogP contribution in [0.2, 0.25) is 0 Å². The van der Waals surface area contributed by atoms with Crippen LogP contribution in [-0.2, 0) is 0 Å². The first kappa shape index (κ1) is 25.9. The van der Waals surface area contributed by atoms with Crippen molar-refractivity contribution >= 4 is 21.8 Å². The molecule has 0 fully saturated rings. The Hall–Kier alpha value is -3.74. The predicted molar refractivity (Wildman–Crippen MR) is 147 cm³/mol. The number of fused-ring (bicyclic) bond motifs is 2. The number of H-pyrrole nitrogens is 1. The minimum atomic E-state index is -4.02. The summed E-state index contributed by atoms with van der Waals surface area (Å²) >= 11 is 0. The zero-order chi connectivity index (χ0) is 26.4. The maximum atomic E-state index is 12.2. The number of aromatic nitrogens is 3. The molecule has 3 aromatic carbocycles. The highest BCUT2D eigenvalue weighted by molar-refractivity contribution is 5.86. The number of aromatic amines is 1. The lowest BCUT2D eigenvalue weighted by Crippen LogP contribution is -2.06. The van der Waals surface area contributed by atoms with Crippen molar-refractivity contribution in [2.45, 2.75) is 57.5 Å². The molecule has 1 N–H and O–H groups in total. The highest BCUT2D eigenvalue weighted by Gasteiger charge is 2.25. The standard InChI is InChI=1S/C31H32F3N3O/c32-31(33,34)17-8-4-2-1-3-5-9-18-38-27-13-10-12-23(20-27)24-15-16-29-26(19-24)22-37(36-29)30-21-25-11-6-7-14-28(25)35-30/h6-7,10-16,19-22,35H,1-5,8-9,17-18H2. The Morgan fingerprint density at radius 3 is 2.32 bits per heavy atom. The number of unbranched alkanes of at least 4 members (excludes halogenated alkanes) is 6. The minimum Gasteiger partial charge on any atom is -0.494 e. The van der Waals surface area contributed by atoms with Gasteiger partial charge in [-0.1, -0.05) is 68.5 Å². The molecule has 38 heavy (non-hydrogen) atoms. The summed E-state index contributed by atoms with van der Waals surface area (Å²) in [7, 11) is 0. The van der Waals surface area contributed by atoms with E-state index in [4.69, 9.17) is 9.84 Å². The molecule has 2 heterocycles. The van der Waals surface area contributed by atoms with E-state index >= 15 is 0 Å². The molecule has 5 rings (SSSR count). The average Bonchev–Trinajstić information content (AvgIpc) is 3.53. The summed E-state index contributed by atoms with van der Waals surface area (Å²) in [5.74, 6) is 1.77. The second-order valence-corrected chi connectivity index (χ2v) is 9.81. The summed E-state index contributed by atoms with van der Waals surface area (Å²) in [5, 5.41) is 6.95. The smallest absolute Gasteiger partial charge is 0.389 e.